The van der Waals surface area contributed by atoms with Gasteiger partial charge in [0.15, 0.2) is 0 Å². The first-order valence-corrected chi connectivity index (χ1v) is 33.9. The first-order valence-electron chi connectivity index (χ1n) is 33.9. The normalized spacial score (nSPS) is 12.5. The highest BCUT2D eigenvalue weighted by Gasteiger charge is 2.20. The lowest BCUT2D eigenvalue weighted by Gasteiger charge is -2.22. The molecule has 1 amide bonds. The zero-order chi connectivity index (χ0) is 53.6. The highest BCUT2D eigenvalue weighted by atomic mass is 16.5. The molecule has 0 aliphatic heterocycles. The molecule has 440 valence electrons. The predicted octanol–water partition coefficient (Wildman–Crippen LogP) is 21.6. The number of amides is 1. The van der Waals surface area contributed by atoms with E-state index >= 15 is 0 Å². The summed E-state index contributed by atoms with van der Waals surface area (Å²) in [6, 6.07) is -0.552. The highest BCUT2D eigenvalue weighted by molar-refractivity contribution is 5.76. The quantitative estimate of drug-likeness (QED) is 0.0320. The lowest BCUT2D eigenvalue weighted by atomic mass is 10.0. The summed E-state index contributed by atoms with van der Waals surface area (Å²) in [7, 11) is 0. The Kier molecular flexibility index (Phi) is 62.9. The maximum atomic E-state index is 12.5. The summed E-state index contributed by atoms with van der Waals surface area (Å²) in [5.74, 6) is -0.0467. The molecular formula is C68H133NO5. The maximum Gasteiger partial charge on any atom is 0.305 e. The van der Waals surface area contributed by atoms with Crippen LogP contribution in [0, 0.1) is 0 Å². The number of aliphatic hydroxyl groups excluding tert-OH is 2. The molecule has 0 aromatic carbocycles. The van der Waals surface area contributed by atoms with Gasteiger partial charge in [0.2, 0.25) is 5.91 Å². The van der Waals surface area contributed by atoms with E-state index in [1.807, 2.05) is 0 Å². The molecule has 0 heterocycles. The Hall–Kier alpha value is -1.40. The molecule has 0 aromatic heterocycles. The average molecular weight is 1040 g/mol. The Balaban J connectivity index is 3.41. The highest BCUT2D eigenvalue weighted by Crippen LogP contribution is 2.19. The van der Waals surface area contributed by atoms with Gasteiger partial charge in [-0.15, -0.1) is 0 Å². The van der Waals surface area contributed by atoms with Crippen molar-refractivity contribution in [3.63, 3.8) is 0 Å². The van der Waals surface area contributed by atoms with Crippen molar-refractivity contribution in [3.05, 3.63) is 12.2 Å². The summed E-state index contributed by atoms with van der Waals surface area (Å²) in [6.07, 6.45) is 78.1. The molecule has 0 bridgehead atoms. The van der Waals surface area contributed by atoms with Crippen LogP contribution in [0.2, 0.25) is 0 Å². The molecule has 74 heavy (non-hydrogen) atoms. The van der Waals surface area contributed by atoms with Crippen LogP contribution in [-0.2, 0) is 14.3 Å². The maximum absolute atomic E-state index is 12.5. The smallest absolute Gasteiger partial charge is 0.305 e. The third-order valence-electron chi connectivity index (χ3n) is 16.1. The lowest BCUT2D eigenvalue weighted by Crippen LogP contribution is -2.45. The number of hydrogen-bond donors (Lipinski definition) is 3. The molecule has 0 aromatic rings. The third kappa shape index (κ3) is 59.8. The molecule has 6 nitrogen and oxygen atoms in total. The van der Waals surface area contributed by atoms with Gasteiger partial charge >= 0.3 is 5.97 Å². The van der Waals surface area contributed by atoms with E-state index < -0.39 is 12.1 Å². The standard InChI is InChI=1S/C68H133NO5/c1-3-5-7-9-11-13-15-17-19-21-23-24-25-26-27-28-30-31-33-36-40-44-48-52-56-60-66(71)65(64-70)69-67(72)61-57-53-49-45-41-37-35-39-43-47-51-55-59-63-74-68(73)62-58-54-50-46-42-38-34-32-29-22-20-18-16-14-12-10-8-6-4-2/h18,20,65-66,70-71H,3-17,19,21-64H2,1-2H3,(H,69,72)/b20-18-. The van der Waals surface area contributed by atoms with Crippen molar-refractivity contribution in [1.29, 1.82) is 0 Å². The van der Waals surface area contributed by atoms with E-state index in [1.165, 1.54) is 302 Å². The van der Waals surface area contributed by atoms with Crippen LogP contribution >= 0.6 is 0 Å². The van der Waals surface area contributed by atoms with E-state index in [9.17, 15) is 19.8 Å². The number of aliphatic hydroxyl groups is 2. The number of unbranched alkanes of at least 4 members (excludes halogenated alkanes) is 51. The van der Waals surface area contributed by atoms with Crippen molar-refractivity contribution >= 4 is 11.9 Å². The molecule has 3 N–H and O–H groups in total. The first kappa shape index (κ1) is 72.6. The van der Waals surface area contributed by atoms with Gasteiger partial charge in [0.1, 0.15) is 0 Å². The molecule has 0 rings (SSSR count). The van der Waals surface area contributed by atoms with Gasteiger partial charge in [-0.1, -0.05) is 334 Å². The van der Waals surface area contributed by atoms with Gasteiger partial charge < -0.3 is 20.3 Å². The zero-order valence-corrected chi connectivity index (χ0v) is 50.4. The van der Waals surface area contributed by atoms with E-state index in [0.717, 1.165) is 51.4 Å². The fourth-order valence-corrected chi connectivity index (χ4v) is 10.9. The third-order valence-corrected chi connectivity index (χ3v) is 16.1. The van der Waals surface area contributed by atoms with E-state index in [1.54, 1.807) is 0 Å². The summed E-state index contributed by atoms with van der Waals surface area (Å²) in [5.41, 5.74) is 0. The molecule has 0 saturated carbocycles. The second-order valence-electron chi connectivity index (χ2n) is 23.5. The van der Waals surface area contributed by atoms with Gasteiger partial charge in [-0.3, -0.25) is 9.59 Å². The minimum Gasteiger partial charge on any atom is -0.466 e. The molecular weight excluding hydrogens is 911 g/mol. The van der Waals surface area contributed by atoms with Gasteiger partial charge in [-0.05, 0) is 51.4 Å². The van der Waals surface area contributed by atoms with Gasteiger partial charge in [0, 0.05) is 12.8 Å². The summed E-state index contributed by atoms with van der Waals surface area (Å²) in [5, 5.41) is 23.4. The first-order chi connectivity index (χ1) is 36.5. The molecule has 0 aliphatic carbocycles. The largest absolute Gasteiger partial charge is 0.466 e. The van der Waals surface area contributed by atoms with Gasteiger partial charge in [0.25, 0.3) is 0 Å². The number of carbonyl (C=O) groups is 2. The molecule has 2 unspecified atom stereocenters. The number of ether oxygens (including phenoxy) is 1. The van der Waals surface area contributed by atoms with E-state index in [-0.39, 0.29) is 18.5 Å². The number of carbonyl (C=O) groups excluding carboxylic acids is 2. The second kappa shape index (κ2) is 64.1. The van der Waals surface area contributed by atoms with Crippen molar-refractivity contribution in [2.24, 2.45) is 0 Å². The Bertz CT molecular complexity index is 1110. The van der Waals surface area contributed by atoms with Crippen LogP contribution in [0.1, 0.15) is 386 Å². The number of allylic oxidation sites excluding steroid dienone is 2. The van der Waals surface area contributed by atoms with Gasteiger partial charge in [-0.25, -0.2) is 0 Å². The number of rotatable bonds is 64. The van der Waals surface area contributed by atoms with Crippen LogP contribution in [0.3, 0.4) is 0 Å². The van der Waals surface area contributed by atoms with Crippen molar-refractivity contribution in [2.75, 3.05) is 13.2 Å². The summed E-state index contributed by atoms with van der Waals surface area (Å²) in [4.78, 5) is 24.7. The number of hydrogen-bond acceptors (Lipinski definition) is 5. The summed E-state index contributed by atoms with van der Waals surface area (Å²) >= 11 is 0. The minimum absolute atomic E-state index is 0.00408. The second-order valence-corrected chi connectivity index (χ2v) is 23.5. The number of nitrogens with one attached hydrogen (secondary N) is 1. The average Bonchev–Trinajstić information content (AvgIpc) is 3.40. The fourth-order valence-electron chi connectivity index (χ4n) is 10.9. The van der Waals surface area contributed by atoms with Crippen molar-refractivity contribution < 1.29 is 24.5 Å². The van der Waals surface area contributed by atoms with Crippen molar-refractivity contribution in [1.82, 2.24) is 5.32 Å². The molecule has 0 aliphatic rings. The Morgan fingerprint density at radius 2 is 0.635 bits per heavy atom. The topological polar surface area (TPSA) is 95.9 Å². The monoisotopic (exact) mass is 1040 g/mol. The molecule has 0 saturated heterocycles. The van der Waals surface area contributed by atoms with E-state index in [4.69, 9.17) is 4.74 Å². The minimum atomic E-state index is -0.674. The molecule has 2 atom stereocenters. The van der Waals surface area contributed by atoms with Crippen LogP contribution in [0.15, 0.2) is 12.2 Å². The SMILES string of the molecule is CCCCCCCC/C=C\CCCCCCCCCCCC(=O)OCCCCCCCCCCCCCCCC(=O)NC(CO)C(O)CCCCCCCCCCCCCCCCCCCCCCCCCCC. The zero-order valence-electron chi connectivity index (χ0n) is 50.4. The van der Waals surface area contributed by atoms with Crippen LogP contribution in [0.25, 0.3) is 0 Å². The molecule has 6 heteroatoms. The lowest BCUT2D eigenvalue weighted by molar-refractivity contribution is -0.143. The van der Waals surface area contributed by atoms with Crippen LogP contribution < -0.4 is 5.32 Å². The van der Waals surface area contributed by atoms with Gasteiger partial charge in [0.05, 0.1) is 25.4 Å². The van der Waals surface area contributed by atoms with Crippen molar-refractivity contribution in [3.8, 4) is 0 Å². The van der Waals surface area contributed by atoms with Crippen LogP contribution in [0.4, 0.5) is 0 Å². The number of esters is 1. The molecule has 0 radical (unpaired) electrons. The van der Waals surface area contributed by atoms with Crippen LogP contribution in [0.5, 0.6) is 0 Å². The molecule has 0 spiro atoms. The van der Waals surface area contributed by atoms with Crippen LogP contribution in [-0.4, -0.2) is 47.4 Å². The van der Waals surface area contributed by atoms with E-state index in [0.29, 0.717) is 25.9 Å². The predicted molar refractivity (Wildman–Crippen MR) is 324 cm³/mol. The van der Waals surface area contributed by atoms with Crippen molar-refractivity contribution in [2.45, 2.75) is 398 Å². The van der Waals surface area contributed by atoms with Gasteiger partial charge in [-0.2, -0.15) is 0 Å². The summed E-state index contributed by atoms with van der Waals surface area (Å²) in [6.45, 7) is 4.96. The fraction of sp³-hybridized carbons (Fsp3) is 0.941. The Morgan fingerprint density at radius 3 is 0.959 bits per heavy atom. The Labute approximate surface area is 463 Å². The Morgan fingerprint density at radius 1 is 0.365 bits per heavy atom. The summed E-state index contributed by atoms with van der Waals surface area (Å²) < 4.78 is 5.50. The van der Waals surface area contributed by atoms with E-state index in [2.05, 4.69) is 31.3 Å². The molecule has 0 fully saturated rings.